The molecular weight excluding hydrogens is 110 g/mol. The van der Waals surface area contributed by atoms with Crippen molar-refractivity contribution in [1.82, 2.24) is 0 Å². The summed E-state index contributed by atoms with van der Waals surface area (Å²) < 4.78 is 0. The van der Waals surface area contributed by atoms with Gasteiger partial charge in [-0.1, -0.05) is 6.92 Å². The van der Waals surface area contributed by atoms with Crippen molar-refractivity contribution >= 4 is 6.21 Å². The first kappa shape index (κ1) is 5.45. The first-order chi connectivity index (χ1) is 4.18. The van der Waals surface area contributed by atoms with E-state index in [0.29, 0.717) is 5.41 Å². The molecule has 3 rings (SSSR count). The fraction of sp³-hybridized carbons (Fsp3) is 0.875. The van der Waals surface area contributed by atoms with Crippen LogP contribution in [0, 0.1) is 10.8 Å². The predicted molar refractivity (Wildman–Crippen MR) is 38.8 cm³/mol. The lowest BCUT2D eigenvalue weighted by molar-refractivity contribution is -0.134. The molecule has 3 saturated carbocycles. The zero-order valence-corrected chi connectivity index (χ0v) is 6.15. The molecular formula is C8H13N. The zero-order chi connectivity index (χ0) is 6.54. The van der Waals surface area contributed by atoms with Crippen molar-refractivity contribution in [2.75, 3.05) is 7.05 Å². The van der Waals surface area contributed by atoms with Gasteiger partial charge < -0.3 is 4.99 Å². The number of hydrogen-bond donors (Lipinski definition) is 0. The molecule has 0 aromatic carbocycles. The van der Waals surface area contributed by atoms with Gasteiger partial charge in [0.1, 0.15) is 0 Å². The summed E-state index contributed by atoms with van der Waals surface area (Å²) in [6.45, 7) is 2.37. The molecule has 0 amide bonds. The molecule has 0 aliphatic heterocycles. The molecule has 3 fully saturated rings. The van der Waals surface area contributed by atoms with E-state index in [2.05, 4.69) is 18.1 Å². The fourth-order valence-corrected chi connectivity index (χ4v) is 2.81. The van der Waals surface area contributed by atoms with Crippen LogP contribution in [0.1, 0.15) is 26.2 Å². The van der Waals surface area contributed by atoms with Gasteiger partial charge >= 0.3 is 0 Å². The maximum atomic E-state index is 4.07. The lowest BCUT2D eigenvalue weighted by Gasteiger charge is -2.68. The van der Waals surface area contributed by atoms with Crippen LogP contribution in [0.3, 0.4) is 0 Å². The standard InChI is InChI=1S/C8H13N/c1-7-3-8(4-7,5-7)6-9-2/h6H,3-5H2,1-2H3/b9-6-. The van der Waals surface area contributed by atoms with E-state index in [0.717, 1.165) is 5.41 Å². The van der Waals surface area contributed by atoms with Crippen LogP contribution in [0.25, 0.3) is 0 Å². The highest BCUT2D eigenvalue weighted by molar-refractivity contribution is 5.71. The van der Waals surface area contributed by atoms with Gasteiger partial charge in [-0.05, 0) is 24.7 Å². The largest absolute Gasteiger partial charge is 0.300 e. The van der Waals surface area contributed by atoms with Crippen molar-refractivity contribution in [1.29, 1.82) is 0 Å². The molecule has 0 unspecified atom stereocenters. The lowest BCUT2D eigenvalue weighted by atomic mass is 9.36. The minimum atomic E-state index is 0.587. The average Bonchev–Trinajstić information content (AvgIpc) is 1.60. The Labute approximate surface area is 56.2 Å². The quantitative estimate of drug-likeness (QED) is 0.472. The molecule has 0 aromatic heterocycles. The van der Waals surface area contributed by atoms with Crippen LogP contribution in [0.4, 0.5) is 0 Å². The Balaban J connectivity index is 2.04. The van der Waals surface area contributed by atoms with Crippen molar-refractivity contribution in [3.8, 4) is 0 Å². The highest BCUT2D eigenvalue weighted by Crippen LogP contribution is 2.72. The summed E-state index contributed by atoms with van der Waals surface area (Å²) in [5, 5.41) is 0. The van der Waals surface area contributed by atoms with Crippen molar-refractivity contribution in [3.05, 3.63) is 0 Å². The van der Waals surface area contributed by atoms with Gasteiger partial charge in [-0.25, -0.2) is 0 Å². The van der Waals surface area contributed by atoms with Crippen molar-refractivity contribution in [2.45, 2.75) is 26.2 Å². The maximum Gasteiger partial charge on any atom is 0.0273 e. The van der Waals surface area contributed by atoms with Crippen LogP contribution in [0.2, 0.25) is 0 Å². The minimum Gasteiger partial charge on any atom is -0.300 e. The summed E-state index contributed by atoms with van der Waals surface area (Å²) in [6, 6.07) is 0. The van der Waals surface area contributed by atoms with Crippen LogP contribution in [-0.2, 0) is 0 Å². The van der Waals surface area contributed by atoms with E-state index in [1.54, 1.807) is 0 Å². The molecule has 2 bridgehead atoms. The first-order valence-corrected chi connectivity index (χ1v) is 3.62. The Morgan fingerprint density at radius 3 is 2.22 bits per heavy atom. The molecule has 0 N–H and O–H groups in total. The van der Waals surface area contributed by atoms with E-state index in [4.69, 9.17) is 0 Å². The normalized spacial score (nSPS) is 54.9. The Kier molecular flexibility index (Phi) is 0.744. The Hall–Kier alpha value is -0.330. The number of hydrogen-bond acceptors (Lipinski definition) is 1. The monoisotopic (exact) mass is 123 g/mol. The second-order valence-electron chi connectivity index (χ2n) is 4.09. The summed E-state index contributed by atoms with van der Waals surface area (Å²) in [4.78, 5) is 4.07. The molecule has 50 valence electrons. The third-order valence-electron chi connectivity index (χ3n) is 2.74. The van der Waals surface area contributed by atoms with Gasteiger partial charge in [-0.2, -0.15) is 0 Å². The number of rotatable bonds is 1. The molecule has 0 heterocycles. The van der Waals surface area contributed by atoms with Crippen molar-refractivity contribution < 1.29 is 0 Å². The molecule has 1 nitrogen and oxygen atoms in total. The van der Waals surface area contributed by atoms with Gasteiger partial charge in [-0.15, -0.1) is 0 Å². The summed E-state index contributed by atoms with van der Waals surface area (Å²) in [6.07, 6.45) is 6.35. The fourth-order valence-electron chi connectivity index (χ4n) is 2.81. The number of aliphatic imine (C=N–C) groups is 1. The Bertz CT molecular complexity index is 150. The van der Waals surface area contributed by atoms with Gasteiger partial charge in [0.15, 0.2) is 0 Å². The molecule has 0 atom stereocenters. The maximum absolute atomic E-state index is 4.07. The van der Waals surface area contributed by atoms with Crippen LogP contribution < -0.4 is 0 Å². The molecule has 0 aromatic rings. The van der Waals surface area contributed by atoms with Crippen LogP contribution >= 0.6 is 0 Å². The topological polar surface area (TPSA) is 12.4 Å². The number of nitrogens with zero attached hydrogens (tertiary/aromatic N) is 1. The third kappa shape index (κ3) is 0.525. The lowest BCUT2D eigenvalue weighted by Crippen LogP contribution is -2.60. The molecule has 0 saturated heterocycles. The second kappa shape index (κ2) is 1.23. The zero-order valence-electron chi connectivity index (χ0n) is 6.15. The molecule has 0 spiro atoms. The predicted octanol–water partition coefficient (Wildman–Crippen LogP) is 1.88. The van der Waals surface area contributed by atoms with E-state index in [1.165, 1.54) is 19.3 Å². The second-order valence-corrected chi connectivity index (χ2v) is 4.09. The van der Waals surface area contributed by atoms with Crippen LogP contribution in [0.15, 0.2) is 4.99 Å². The summed E-state index contributed by atoms with van der Waals surface area (Å²) in [5.41, 5.74) is 1.32. The third-order valence-corrected chi connectivity index (χ3v) is 2.74. The van der Waals surface area contributed by atoms with E-state index in [9.17, 15) is 0 Å². The van der Waals surface area contributed by atoms with Crippen molar-refractivity contribution in [3.63, 3.8) is 0 Å². The van der Waals surface area contributed by atoms with Crippen LogP contribution in [-0.4, -0.2) is 13.3 Å². The van der Waals surface area contributed by atoms with E-state index in [1.807, 2.05) is 7.05 Å². The average molecular weight is 123 g/mol. The molecule has 3 aliphatic rings. The highest BCUT2D eigenvalue weighted by Gasteiger charge is 2.63. The SMILES string of the molecule is C/N=C\C12CC(C)(C1)C2. The van der Waals surface area contributed by atoms with Gasteiger partial charge in [0.2, 0.25) is 0 Å². The Morgan fingerprint density at radius 2 is 1.89 bits per heavy atom. The van der Waals surface area contributed by atoms with E-state index >= 15 is 0 Å². The summed E-state index contributed by atoms with van der Waals surface area (Å²) in [5.74, 6) is 0. The summed E-state index contributed by atoms with van der Waals surface area (Å²) >= 11 is 0. The highest BCUT2D eigenvalue weighted by atomic mass is 14.8. The summed E-state index contributed by atoms with van der Waals surface area (Å²) in [7, 11) is 1.88. The van der Waals surface area contributed by atoms with Gasteiger partial charge in [-0.3, -0.25) is 0 Å². The van der Waals surface area contributed by atoms with Gasteiger partial charge in [0.05, 0.1) is 0 Å². The van der Waals surface area contributed by atoms with Gasteiger partial charge in [0.25, 0.3) is 0 Å². The molecule has 0 radical (unpaired) electrons. The molecule has 9 heavy (non-hydrogen) atoms. The molecule has 1 heteroatoms. The smallest absolute Gasteiger partial charge is 0.0273 e. The van der Waals surface area contributed by atoms with Crippen molar-refractivity contribution in [2.24, 2.45) is 15.8 Å². The molecule has 3 aliphatic carbocycles. The van der Waals surface area contributed by atoms with Gasteiger partial charge in [0, 0.05) is 18.7 Å². The Morgan fingerprint density at radius 1 is 1.33 bits per heavy atom. The van der Waals surface area contributed by atoms with Crippen LogP contribution in [0.5, 0.6) is 0 Å². The van der Waals surface area contributed by atoms with E-state index in [-0.39, 0.29) is 0 Å². The van der Waals surface area contributed by atoms with E-state index < -0.39 is 0 Å². The first-order valence-electron chi connectivity index (χ1n) is 3.62. The minimum absolute atomic E-state index is 0.587.